The lowest BCUT2D eigenvalue weighted by Gasteiger charge is -2.34. The molecule has 8 heteroatoms. The van der Waals surface area contributed by atoms with Gasteiger partial charge in [0, 0.05) is 38.4 Å². The van der Waals surface area contributed by atoms with Crippen molar-refractivity contribution in [3.05, 3.63) is 72.6 Å². The fraction of sp³-hybridized carbons (Fsp3) is 0.269. The molecule has 3 aromatic carbocycles. The molecule has 0 saturated carbocycles. The average molecular weight is 457 g/mol. The number of ether oxygens (including phenoxy) is 1. The summed E-state index contributed by atoms with van der Waals surface area (Å²) in [7, 11) is 0. The summed E-state index contributed by atoms with van der Waals surface area (Å²) in [6.45, 7) is 6.17. The number of benzene rings is 3. The van der Waals surface area contributed by atoms with E-state index in [9.17, 15) is 0 Å². The Labute approximate surface area is 198 Å². The van der Waals surface area contributed by atoms with Crippen LogP contribution in [-0.4, -0.2) is 64.3 Å². The SMILES string of the molecule is Cc1nc(Nc2ccc(Oc3ccc4ccccc4c3)cc2)nc(N2CCN(CCO)CC2)n1. The van der Waals surface area contributed by atoms with E-state index >= 15 is 0 Å². The highest BCUT2D eigenvalue weighted by Gasteiger charge is 2.19. The van der Waals surface area contributed by atoms with E-state index in [1.165, 1.54) is 5.39 Å². The minimum absolute atomic E-state index is 0.186. The summed E-state index contributed by atoms with van der Waals surface area (Å²) in [6.07, 6.45) is 0. The zero-order valence-corrected chi connectivity index (χ0v) is 19.2. The average Bonchev–Trinajstić information content (AvgIpc) is 2.85. The molecule has 0 aliphatic carbocycles. The Morgan fingerprint density at radius 3 is 2.35 bits per heavy atom. The number of rotatable bonds is 7. The molecule has 0 spiro atoms. The number of nitrogens with zero attached hydrogens (tertiary/aromatic N) is 5. The van der Waals surface area contributed by atoms with Gasteiger partial charge < -0.3 is 20.1 Å². The minimum atomic E-state index is 0.186. The molecule has 1 aliphatic rings. The standard InChI is InChI=1S/C26H28N6O2/c1-19-27-25(30-26(28-19)32-14-12-31(13-15-32)16-17-33)29-22-7-10-23(11-8-22)34-24-9-6-20-4-2-3-5-21(20)18-24/h2-11,18,33H,12-17H2,1H3,(H,27,28,29,30). The first-order valence-electron chi connectivity index (χ1n) is 11.5. The number of fused-ring (bicyclic) bond motifs is 1. The van der Waals surface area contributed by atoms with Crippen LogP contribution in [0.4, 0.5) is 17.6 Å². The Balaban J connectivity index is 1.24. The first-order chi connectivity index (χ1) is 16.7. The van der Waals surface area contributed by atoms with E-state index in [-0.39, 0.29) is 6.61 Å². The molecule has 5 rings (SSSR count). The number of nitrogens with one attached hydrogen (secondary N) is 1. The molecule has 2 N–H and O–H groups in total. The number of anilines is 3. The van der Waals surface area contributed by atoms with Crippen LogP contribution in [0.15, 0.2) is 66.7 Å². The van der Waals surface area contributed by atoms with E-state index in [1.54, 1.807) is 0 Å². The van der Waals surface area contributed by atoms with Gasteiger partial charge in [0.25, 0.3) is 0 Å². The Morgan fingerprint density at radius 2 is 1.59 bits per heavy atom. The lowest BCUT2D eigenvalue weighted by Crippen LogP contribution is -2.47. The molecule has 0 amide bonds. The number of aryl methyl sites for hydroxylation is 1. The smallest absolute Gasteiger partial charge is 0.232 e. The van der Waals surface area contributed by atoms with Crippen LogP contribution in [-0.2, 0) is 0 Å². The first kappa shape index (κ1) is 22.1. The van der Waals surface area contributed by atoms with Gasteiger partial charge in [-0.1, -0.05) is 30.3 Å². The van der Waals surface area contributed by atoms with Crippen molar-refractivity contribution in [2.24, 2.45) is 0 Å². The van der Waals surface area contributed by atoms with Gasteiger partial charge in [0.05, 0.1) is 6.61 Å². The molecule has 34 heavy (non-hydrogen) atoms. The van der Waals surface area contributed by atoms with Crippen LogP contribution in [0, 0.1) is 6.92 Å². The fourth-order valence-electron chi connectivity index (χ4n) is 4.08. The molecule has 1 aliphatic heterocycles. The fourth-order valence-corrected chi connectivity index (χ4v) is 4.08. The molecule has 8 nitrogen and oxygen atoms in total. The topological polar surface area (TPSA) is 86.6 Å². The largest absolute Gasteiger partial charge is 0.457 e. The quantitative estimate of drug-likeness (QED) is 0.432. The van der Waals surface area contributed by atoms with E-state index in [4.69, 9.17) is 9.84 Å². The van der Waals surface area contributed by atoms with Crippen LogP contribution < -0.4 is 15.0 Å². The van der Waals surface area contributed by atoms with Crippen LogP contribution >= 0.6 is 0 Å². The van der Waals surface area contributed by atoms with Gasteiger partial charge in [-0.2, -0.15) is 15.0 Å². The van der Waals surface area contributed by atoms with E-state index in [0.717, 1.165) is 48.8 Å². The third kappa shape index (κ3) is 5.24. The monoisotopic (exact) mass is 456 g/mol. The van der Waals surface area contributed by atoms with Crippen molar-refractivity contribution in [2.45, 2.75) is 6.92 Å². The van der Waals surface area contributed by atoms with E-state index in [1.807, 2.05) is 55.5 Å². The third-order valence-corrected chi connectivity index (χ3v) is 5.87. The maximum Gasteiger partial charge on any atom is 0.232 e. The molecular formula is C26H28N6O2. The lowest BCUT2D eigenvalue weighted by molar-refractivity contribution is 0.188. The van der Waals surface area contributed by atoms with Crippen molar-refractivity contribution in [3.63, 3.8) is 0 Å². The second kappa shape index (κ2) is 10.0. The van der Waals surface area contributed by atoms with Gasteiger partial charge in [-0.25, -0.2) is 0 Å². The summed E-state index contributed by atoms with van der Waals surface area (Å²) in [5.41, 5.74) is 0.871. The lowest BCUT2D eigenvalue weighted by atomic mass is 10.1. The highest BCUT2D eigenvalue weighted by atomic mass is 16.5. The van der Waals surface area contributed by atoms with Gasteiger partial charge in [0.1, 0.15) is 17.3 Å². The first-order valence-corrected chi connectivity index (χ1v) is 11.5. The zero-order valence-electron chi connectivity index (χ0n) is 19.2. The predicted octanol–water partition coefficient (Wildman–Crippen LogP) is 3.98. The number of aromatic nitrogens is 3. The summed E-state index contributed by atoms with van der Waals surface area (Å²) in [5.74, 6) is 3.42. The maximum absolute atomic E-state index is 9.14. The molecule has 174 valence electrons. The number of β-amino-alcohol motifs (C(OH)–C–C–N with tert-alkyl or cyclic N) is 1. The van der Waals surface area contributed by atoms with Crippen LogP contribution in [0.5, 0.6) is 11.5 Å². The molecule has 0 radical (unpaired) electrons. The van der Waals surface area contributed by atoms with Crippen LogP contribution in [0.25, 0.3) is 10.8 Å². The molecular weight excluding hydrogens is 428 g/mol. The van der Waals surface area contributed by atoms with E-state index < -0.39 is 0 Å². The summed E-state index contributed by atoms with van der Waals surface area (Å²) >= 11 is 0. The van der Waals surface area contributed by atoms with Crippen molar-refractivity contribution in [1.82, 2.24) is 19.9 Å². The highest BCUT2D eigenvalue weighted by Crippen LogP contribution is 2.27. The predicted molar refractivity (Wildman–Crippen MR) is 134 cm³/mol. The Kier molecular flexibility index (Phi) is 6.51. The number of hydrogen-bond acceptors (Lipinski definition) is 8. The molecule has 0 unspecified atom stereocenters. The molecule has 1 fully saturated rings. The van der Waals surface area contributed by atoms with Crippen LogP contribution in [0.2, 0.25) is 0 Å². The highest BCUT2D eigenvalue weighted by molar-refractivity contribution is 5.83. The second-order valence-corrected chi connectivity index (χ2v) is 8.32. The molecule has 2 heterocycles. The van der Waals surface area contributed by atoms with E-state index in [0.29, 0.717) is 24.3 Å². The van der Waals surface area contributed by atoms with Gasteiger partial charge in [0.2, 0.25) is 11.9 Å². The minimum Gasteiger partial charge on any atom is -0.457 e. The number of aliphatic hydroxyl groups is 1. The summed E-state index contributed by atoms with van der Waals surface area (Å²) in [6, 6.07) is 22.1. The van der Waals surface area contributed by atoms with Crippen molar-refractivity contribution in [3.8, 4) is 11.5 Å². The van der Waals surface area contributed by atoms with E-state index in [2.05, 4.69) is 48.3 Å². The normalized spacial score (nSPS) is 14.4. The third-order valence-electron chi connectivity index (χ3n) is 5.87. The Bertz CT molecular complexity index is 1260. The molecule has 4 aromatic rings. The van der Waals surface area contributed by atoms with Crippen LogP contribution in [0.1, 0.15) is 5.82 Å². The number of piperazine rings is 1. The summed E-state index contributed by atoms with van der Waals surface area (Å²) in [4.78, 5) is 18.0. The molecule has 1 saturated heterocycles. The molecule has 0 atom stereocenters. The van der Waals surface area contributed by atoms with Crippen LogP contribution in [0.3, 0.4) is 0 Å². The van der Waals surface area contributed by atoms with Crippen molar-refractivity contribution >= 4 is 28.4 Å². The van der Waals surface area contributed by atoms with Gasteiger partial charge in [-0.15, -0.1) is 0 Å². The van der Waals surface area contributed by atoms with Crippen molar-refractivity contribution < 1.29 is 9.84 Å². The molecule has 1 aromatic heterocycles. The molecule has 0 bridgehead atoms. The number of aliphatic hydroxyl groups excluding tert-OH is 1. The van der Waals surface area contributed by atoms with Crippen molar-refractivity contribution in [1.29, 1.82) is 0 Å². The van der Waals surface area contributed by atoms with Gasteiger partial charge in [-0.05, 0) is 54.1 Å². The number of hydrogen-bond donors (Lipinski definition) is 2. The van der Waals surface area contributed by atoms with Crippen molar-refractivity contribution in [2.75, 3.05) is 49.5 Å². The second-order valence-electron chi connectivity index (χ2n) is 8.32. The maximum atomic E-state index is 9.14. The van der Waals surface area contributed by atoms with Gasteiger partial charge in [-0.3, -0.25) is 4.90 Å². The zero-order chi connectivity index (χ0) is 23.3. The van der Waals surface area contributed by atoms with Gasteiger partial charge >= 0.3 is 0 Å². The Hall–Kier alpha value is -3.75. The summed E-state index contributed by atoms with van der Waals surface area (Å²) in [5, 5.41) is 14.8. The summed E-state index contributed by atoms with van der Waals surface area (Å²) < 4.78 is 6.04. The van der Waals surface area contributed by atoms with Gasteiger partial charge in [0.15, 0.2) is 0 Å². The Morgan fingerprint density at radius 1 is 0.853 bits per heavy atom.